The van der Waals surface area contributed by atoms with Gasteiger partial charge in [0.25, 0.3) is 0 Å². The number of rotatable bonds is 5. The highest BCUT2D eigenvalue weighted by molar-refractivity contribution is 6.03. The van der Waals surface area contributed by atoms with Gasteiger partial charge in [0.1, 0.15) is 5.60 Å². The second-order valence-electron chi connectivity index (χ2n) is 9.26. The highest BCUT2D eigenvalue weighted by Gasteiger charge is 2.67. The lowest BCUT2D eigenvalue weighted by Gasteiger charge is -2.23. The zero-order chi connectivity index (χ0) is 22.9. The van der Waals surface area contributed by atoms with Crippen LogP contribution in [0.4, 0.5) is 5.69 Å². The summed E-state index contributed by atoms with van der Waals surface area (Å²) in [6.45, 7) is 1.04. The van der Waals surface area contributed by atoms with Gasteiger partial charge in [0.05, 0.1) is 24.5 Å². The molecule has 4 aliphatic heterocycles. The summed E-state index contributed by atoms with van der Waals surface area (Å²) in [4.78, 5) is 31.8. The lowest BCUT2D eigenvalue weighted by atomic mass is 9.77. The largest absolute Gasteiger partial charge is 0.454 e. The standard InChI is InChI=1S/C26H23N3O5/c30-24(27-10-8-15-12-28-18-4-2-1-3-17(15)18)22-20-7-9-26(34-20)13-29(25(31)23(22)26)16-5-6-19-21(11-16)33-14-32-19/h1-7,9,11-12,20,22-23,28H,8,10,13-14H2,(H,27,30)/t20-,22-,23-,26+/m1/s1. The van der Waals surface area contributed by atoms with Crippen LogP contribution in [0.3, 0.4) is 0 Å². The second-order valence-corrected chi connectivity index (χ2v) is 9.26. The summed E-state index contributed by atoms with van der Waals surface area (Å²) in [6, 6.07) is 13.6. The predicted molar refractivity (Wildman–Crippen MR) is 124 cm³/mol. The molecule has 1 aromatic heterocycles. The Labute approximate surface area is 195 Å². The third kappa shape index (κ3) is 2.75. The van der Waals surface area contributed by atoms with Gasteiger partial charge in [-0.2, -0.15) is 0 Å². The summed E-state index contributed by atoms with van der Waals surface area (Å²) in [5.41, 5.74) is 2.19. The molecule has 2 N–H and O–H groups in total. The quantitative estimate of drug-likeness (QED) is 0.575. The van der Waals surface area contributed by atoms with E-state index in [1.807, 2.05) is 48.7 Å². The number of nitrogens with zero attached hydrogens (tertiary/aromatic N) is 1. The number of hydrogen-bond donors (Lipinski definition) is 2. The van der Waals surface area contributed by atoms with E-state index >= 15 is 0 Å². The maximum absolute atomic E-state index is 13.5. The van der Waals surface area contributed by atoms with Gasteiger partial charge in [-0.3, -0.25) is 9.59 Å². The average Bonchev–Trinajstić information content (AvgIpc) is 3.66. The number of fused-ring (bicyclic) bond motifs is 3. The summed E-state index contributed by atoms with van der Waals surface area (Å²) >= 11 is 0. The van der Waals surface area contributed by atoms with Crippen LogP contribution in [-0.2, 0) is 20.7 Å². The first-order valence-electron chi connectivity index (χ1n) is 11.5. The highest BCUT2D eigenvalue weighted by atomic mass is 16.7. The molecule has 8 nitrogen and oxygen atoms in total. The molecule has 8 heteroatoms. The van der Waals surface area contributed by atoms with Crippen LogP contribution in [0.1, 0.15) is 5.56 Å². The van der Waals surface area contributed by atoms with E-state index in [2.05, 4.69) is 16.4 Å². The van der Waals surface area contributed by atoms with Crippen LogP contribution in [0.5, 0.6) is 11.5 Å². The number of H-pyrrole nitrogens is 1. The Balaban J connectivity index is 1.08. The fraction of sp³-hybridized carbons (Fsp3) is 0.308. The van der Waals surface area contributed by atoms with Crippen LogP contribution < -0.4 is 19.7 Å². The molecule has 5 heterocycles. The van der Waals surface area contributed by atoms with E-state index in [1.165, 1.54) is 0 Å². The summed E-state index contributed by atoms with van der Waals surface area (Å²) in [6.07, 6.45) is 6.20. The van der Waals surface area contributed by atoms with Gasteiger partial charge in [-0.1, -0.05) is 30.4 Å². The first-order chi connectivity index (χ1) is 16.6. The number of carbonyl (C=O) groups is 2. The van der Waals surface area contributed by atoms with Gasteiger partial charge in [-0.15, -0.1) is 0 Å². The lowest BCUT2D eigenvalue weighted by Crippen LogP contribution is -2.44. The Kier molecular flexibility index (Phi) is 4.11. The maximum atomic E-state index is 13.5. The van der Waals surface area contributed by atoms with Crippen LogP contribution >= 0.6 is 0 Å². The Morgan fingerprint density at radius 2 is 2.06 bits per heavy atom. The van der Waals surface area contributed by atoms with Crippen molar-refractivity contribution >= 4 is 28.4 Å². The van der Waals surface area contributed by atoms with Crippen molar-refractivity contribution in [2.75, 3.05) is 24.8 Å². The first-order valence-corrected chi connectivity index (χ1v) is 11.5. The number of benzene rings is 2. The Morgan fingerprint density at radius 3 is 3.00 bits per heavy atom. The number of carbonyl (C=O) groups excluding carboxylic acids is 2. The van der Waals surface area contributed by atoms with Gasteiger partial charge in [0.2, 0.25) is 18.6 Å². The molecule has 0 aliphatic carbocycles. The van der Waals surface area contributed by atoms with Crippen molar-refractivity contribution in [3.8, 4) is 11.5 Å². The van der Waals surface area contributed by atoms with Crippen molar-refractivity contribution in [3.63, 3.8) is 0 Å². The Morgan fingerprint density at radius 1 is 1.18 bits per heavy atom. The molecule has 34 heavy (non-hydrogen) atoms. The molecule has 2 aromatic carbocycles. The molecule has 4 aliphatic rings. The summed E-state index contributed by atoms with van der Waals surface area (Å²) in [5, 5.41) is 4.22. The van der Waals surface area contributed by atoms with Gasteiger partial charge >= 0.3 is 0 Å². The second kappa shape index (κ2) is 7.11. The molecular formula is C26H23N3O5. The molecular weight excluding hydrogens is 434 g/mol. The molecule has 4 atom stereocenters. The van der Waals surface area contributed by atoms with E-state index in [4.69, 9.17) is 14.2 Å². The molecule has 2 amide bonds. The van der Waals surface area contributed by atoms with Crippen LogP contribution in [0.2, 0.25) is 0 Å². The smallest absolute Gasteiger partial charge is 0.234 e. The molecule has 2 saturated heterocycles. The molecule has 172 valence electrons. The molecule has 2 bridgehead atoms. The van der Waals surface area contributed by atoms with E-state index in [9.17, 15) is 9.59 Å². The van der Waals surface area contributed by atoms with Gasteiger partial charge < -0.3 is 29.4 Å². The van der Waals surface area contributed by atoms with E-state index in [0.29, 0.717) is 31.0 Å². The van der Waals surface area contributed by atoms with E-state index in [1.54, 1.807) is 11.0 Å². The Bertz CT molecular complexity index is 1360. The maximum Gasteiger partial charge on any atom is 0.234 e. The van der Waals surface area contributed by atoms with Crippen molar-refractivity contribution in [3.05, 3.63) is 66.4 Å². The Hall–Kier alpha value is -3.78. The molecule has 1 spiro atoms. The predicted octanol–water partition coefficient (Wildman–Crippen LogP) is 2.54. The number of amides is 2. The number of aromatic nitrogens is 1. The zero-order valence-corrected chi connectivity index (χ0v) is 18.3. The minimum atomic E-state index is -0.767. The van der Waals surface area contributed by atoms with Gasteiger partial charge in [0, 0.05) is 35.4 Å². The number of nitrogens with one attached hydrogen (secondary N) is 2. The molecule has 3 aromatic rings. The van der Waals surface area contributed by atoms with E-state index in [0.717, 1.165) is 22.2 Å². The van der Waals surface area contributed by atoms with E-state index in [-0.39, 0.29) is 24.7 Å². The van der Waals surface area contributed by atoms with Crippen molar-refractivity contribution < 1.29 is 23.8 Å². The highest BCUT2D eigenvalue weighted by Crippen LogP contribution is 2.53. The summed E-state index contributed by atoms with van der Waals surface area (Å²) < 4.78 is 17.1. The van der Waals surface area contributed by atoms with Crippen molar-refractivity contribution in [1.82, 2.24) is 10.3 Å². The van der Waals surface area contributed by atoms with Crippen LogP contribution in [-0.4, -0.2) is 48.4 Å². The average molecular weight is 457 g/mol. The van der Waals surface area contributed by atoms with Crippen LogP contribution in [0.15, 0.2) is 60.8 Å². The van der Waals surface area contributed by atoms with Crippen LogP contribution in [0, 0.1) is 11.8 Å². The third-order valence-corrected chi connectivity index (χ3v) is 7.44. The molecule has 7 rings (SSSR count). The number of hydrogen-bond acceptors (Lipinski definition) is 5. The summed E-state index contributed by atoms with van der Waals surface area (Å²) in [5.74, 6) is -0.0320. The van der Waals surface area contributed by atoms with Crippen LogP contribution in [0.25, 0.3) is 10.9 Å². The number of ether oxygens (including phenoxy) is 3. The van der Waals surface area contributed by atoms with Gasteiger partial charge in [-0.05, 0) is 30.2 Å². The SMILES string of the molecule is O=C(NCCc1c[nH]c2ccccc12)[C@@H]1[C@H]2C=C[C@@]3(CN(c4ccc5c(c4)OCO5)C(=O)[C@@H]13)O2. The van der Waals surface area contributed by atoms with E-state index < -0.39 is 17.4 Å². The lowest BCUT2D eigenvalue weighted by molar-refractivity contribution is -0.131. The molecule has 0 saturated carbocycles. The minimum Gasteiger partial charge on any atom is -0.454 e. The third-order valence-electron chi connectivity index (χ3n) is 7.44. The monoisotopic (exact) mass is 457 g/mol. The van der Waals surface area contributed by atoms with Crippen molar-refractivity contribution in [2.45, 2.75) is 18.1 Å². The van der Waals surface area contributed by atoms with Crippen molar-refractivity contribution in [1.29, 1.82) is 0 Å². The fourth-order valence-electron chi connectivity index (χ4n) is 5.85. The summed E-state index contributed by atoms with van der Waals surface area (Å²) in [7, 11) is 0. The first kappa shape index (κ1) is 19.7. The fourth-order valence-corrected chi connectivity index (χ4v) is 5.85. The number of aromatic amines is 1. The number of para-hydroxylation sites is 1. The molecule has 0 radical (unpaired) electrons. The van der Waals surface area contributed by atoms with Gasteiger partial charge in [0.15, 0.2) is 11.5 Å². The topological polar surface area (TPSA) is 92.9 Å². The van der Waals surface area contributed by atoms with Crippen molar-refractivity contribution in [2.24, 2.45) is 11.8 Å². The normalized spacial score (nSPS) is 28.2. The van der Waals surface area contributed by atoms with Gasteiger partial charge in [-0.25, -0.2) is 0 Å². The molecule has 2 fully saturated rings. The molecule has 0 unspecified atom stereocenters. The minimum absolute atomic E-state index is 0.0949. The zero-order valence-electron chi connectivity index (χ0n) is 18.3. The number of anilines is 1.